The maximum Gasteiger partial charge on any atom is 0.336 e. The van der Waals surface area contributed by atoms with Crippen LogP contribution in [0.3, 0.4) is 0 Å². The van der Waals surface area contributed by atoms with Crippen LogP contribution in [0.5, 0.6) is 0 Å². The van der Waals surface area contributed by atoms with Gasteiger partial charge in [-0.15, -0.1) is 0 Å². The van der Waals surface area contributed by atoms with Gasteiger partial charge in [-0.1, -0.05) is 48.5 Å². The molecule has 0 spiro atoms. The first kappa shape index (κ1) is 12.6. The predicted octanol–water partition coefficient (Wildman–Crippen LogP) is 3.34. The molecule has 0 amide bonds. The van der Waals surface area contributed by atoms with Crippen molar-refractivity contribution in [2.24, 2.45) is 0 Å². The number of aromatic carboxylic acids is 1. The van der Waals surface area contributed by atoms with Crippen LogP contribution in [0.25, 0.3) is 5.57 Å². The number of carboxylic acid groups (broad SMARTS) is 1. The van der Waals surface area contributed by atoms with E-state index in [1.807, 2.05) is 36.4 Å². The summed E-state index contributed by atoms with van der Waals surface area (Å²) < 4.78 is 0. The summed E-state index contributed by atoms with van der Waals surface area (Å²) in [5, 5.41) is 18.1. The van der Waals surface area contributed by atoms with Crippen molar-refractivity contribution in [3.63, 3.8) is 0 Å². The molecule has 19 heavy (non-hydrogen) atoms. The molecule has 92 valence electrons. The molecule has 1 N–H and O–H groups in total. The van der Waals surface area contributed by atoms with E-state index in [1.54, 1.807) is 18.2 Å². The monoisotopic (exact) mass is 249 g/mol. The summed E-state index contributed by atoms with van der Waals surface area (Å²) in [5.41, 5.74) is 2.16. The van der Waals surface area contributed by atoms with Gasteiger partial charge in [0.05, 0.1) is 11.6 Å². The highest BCUT2D eigenvalue weighted by Gasteiger charge is 2.13. The first-order chi connectivity index (χ1) is 9.24. The fourth-order valence-electron chi connectivity index (χ4n) is 1.90. The molecule has 0 bridgehead atoms. The zero-order valence-electron chi connectivity index (χ0n) is 10.1. The molecular weight excluding hydrogens is 238 g/mol. The molecule has 3 nitrogen and oxygen atoms in total. The Balaban J connectivity index is 2.63. The molecule has 0 atom stereocenters. The van der Waals surface area contributed by atoms with E-state index in [9.17, 15) is 9.90 Å². The summed E-state index contributed by atoms with van der Waals surface area (Å²) in [7, 11) is 0. The molecule has 2 aromatic rings. The normalized spacial score (nSPS) is 10.8. The van der Waals surface area contributed by atoms with Crippen molar-refractivity contribution in [1.82, 2.24) is 0 Å². The number of carbonyl (C=O) groups is 1. The summed E-state index contributed by atoms with van der Waals surface area (Å²) in [5.74, 6) is -1.00. The number of nitrogens with zero attached hydrogens (tertiary/aromatic N) is 1. The van der Waals surface area contributed by atoms with Gasteiger partial charge >= 0.3 is 5.97 Å². The van der Waals surface area contributed by atoms with Crippen molar-refractivity contribution in [2.45, 2.75) is 0 Å². The highest BCUT2D eigenvalue weighted by molar-refractivity contribution is 5.97. The lowest BCUT2D eigenvalue weighted by Crippen LogP contribution is -2.02. The number of carboxylic acids is 1. The number of benzene rings is 2. The Labute approximate surface area is 111 Å². The van der Waals surface area contributed by atoms with Crippen molar-refractivity contribution in [1.29, 1.82) is 5.26 Å². The lowest BCUT2D eigenvalue weighted by molar-refractivity contribution is 0.0696. The molecule has 2 rings (SSSR count). The first-order valence-electron chi connectivity index (χ1n) is 5.72. The molecule has 0 aliphatic heterocycles. The third kappa shape index (κ3) is 2.70. The third-order valence-corrected chi connectivity index (χ3v) is 2.74. The molecular formula is C16H11NO2. The van der Waals surface area contributed by atoms with E-state index in [0.29, 0.717) is 11.1 Å². The van der Waals surface area contributed by atoms with Gasteiger partial charge in [0.1, 0.15) is 0 Å². The molecule has 0 unspecified atom stereocenters. The lowest BCUT2D eigenvalue weighted by Gasteiger charge is -2.10. The van der Waals surface area contributed by atoms with Crippen LogP contribution in [0.4, 0.5) is 0 Å². The molecule has 3 heteroatoms. The van der Waals surface area contributed by atoms with Crippen LogP contribution < -0.4 is 0 Å². The molecule has 0 heterocycles. The molecule has 0 saturated heterocycles. The highest BCUT2D eigenvalue weighted by atomic mass is 16.4. The SMILES string of the molecule is N#C/C=C(\c1ccccc1)c1ccccc1C(=O)O. The average molecular weight is 249 g/mol. The average Bonchev–Trinajstić information content (AvgIpc) is 2.45. The standard InChI is InChI=1S/C16H11NO2/c17-11-10-13(12-6-2-1-3-7-12)14-8-4-5-9-15(14)16(18)19/h1-10H,(H,18,19)/b13-10+. The Morgan fingerprint density at radius 1 is 1.00 bits per heavy atom. The zero-order valence-corrected chi connectivity index (χ0v) is 10.1. The Hall–Kier alpha value is -2.86. The van der Waals surface area contributed by atoms with E-state index in [2.05, 4.69) is 0 Å². The Morgan fingerprint density at radius 2 is 1.58 bits per heavy atom. The van der Waals surface area contributed by atoms with Gasteiger partial charge in [-0.25, -0.2) is 4.79 Å². The maximum atomic E-state index is 11.3. The minimum Gasteiger partial charge on any atom is -0.478 e. The van der Waals surface area contributed by atoms with Crippen LogP contribution in [0, 0.1) is 11.3 Å². The Morgan fingerprint density at radius 3 is 2.16 bits per heavy atom. The number of hydrogen-bond acceptors (Lipinski definition) is 2. The Bertz CT molecular complexity index is 667. The highest BCUT2D eigenvalue weighted by Crippen LogP contribution is 2.26. The summed E-state index contributed by atoms with van der Waals surface area (Å²) in [4.78, 5) is 11.3. The number of rotatable bonds is 3. The molecule has 2 aromatic carbocycles. The van der Waals surface area contributed by atoms with Crippen LogP contribution in [0.15, 0.2) is 60.7 Å². The van der Waals surface area contributed by atoms with Gasteiger partial charge in [-0.2, -0.15) is 5.26 Å². The molecule has 0 fully saturated rings. The van der Waals surface area contributed by atoms with E-state index in [0.717, 1.165) is 5.56 Å². The molecule has 0 aromatic heterocycles. The van der Waals surface area contributed by atoms with Crippen molar-refractivity contribution in [3.05, 3.63) is 77.4 Å². The van der Waals surface area contributed by atoms with Gasteiger partial charge in [0.15, 0.2) is 0 Å². The van der Waals surface area contributed by atoms with E-state index in [-0.39, 0.29) is 5.56 Å². The van der Waals surface area contributed by atoms with Gasteiger partial charge in [0.25, 0.3) is 0 Å². The van der Waals surface area contributed by atoms with Crippen LogP contribution in [0.2, 0.25) is 0 Å². The van der Waals surface area contributed by atoms with Crippen molar-refractivity contribution in [3.8, 4) is 6.07 Å². The predicted molar refractivity (Wildman–Crippen MR) is 72.5 cm³/mol. The smallest absolute Gasteiger partial charge is 0.336 e. The van der Waals surface area contributed by atoms with Crippen LogP contribution in [-0.4, -0.2) is 11.1 Å². The van der Waals surface area contributed by atoms with E-state index in [1.165, 1.54) is 12.1 Å². The maximum absolute atomic E-state index is 11.3. The summed E-state index contributed by atoms with van der Waals surface area (Å²) in [6, 6.07) is 17.9. The summed E-state index contributed by atoms with van der Waals surface area (Å²) in [6.45, 7) is 0. The number of nitriles is 1. The first-order valence-corrected chi connectivity index (χ1v) is 5.72. The van der Waals surface area contributed by atoms with Gasteiger partial charge in [0.2, 0.25) is 0 Å². The van der Waals surface area contributed by atoms with Crippen LogP contribution in [-0.2, 0) is 0 Å². The molecule has 0 radical (unpaired) electrons. The van der Waals surface area contributed by atoms with Crippen molar-refractivity contribution in [2.75, 3.05) is 0 Å². The number of hydrogen-bond donors (Lipinski definition) is 1. The summed E-state index contributed by atoms with van der Waals surface area (Å²) >= 11 is 0. The zero-order chi connectivity index (χ0) is 13.7. The third-order valence-electron chi connectivity index (χ3n) is 2.74. The van der Waals surface area contributed by atoms with Crippen molar-refractivity contribution >= 4 is 11.5 Å². The largest absolute Gasteiger partial charge is 0.478 e. The second kappa shape index (κ2) is 5.65. The van der Waals surface area contributed by atoms with Gasteiger partial charge in [-0.3, -0.25) is 0 Å². The van der Waals surface area contributed by atoms with E-state index < -0.39 is 5.97 Å². The molecule has 0 aliphatic carbocycles. The summed E-state index contributed by atoms with van der Waals surface area (Å²) in [6.07, 6.45) is 1.37. The van der Waals surface area contributed by atoms with E-state index in [4.69, 9.17) is 5.26 Å². The molecule has 0 saturated carbocycles. The van der Waals surface area contributed by atoms with E-state index >= 15 is 0 Å². The fraction of sp³-hybridized carbons (Fsp3) is 0. The lowest BCUT2D eigenvalue weighted by atomic mass is 9.94. The van der Waals surface area contributed by atoms with Crippen LogP contribution in [0.1, 0.15) is 21.5 Å². The molecule has 0 aliphatic rings. The topological polar surface area (TPSA) is 61.1 Å². The van der Waals surface area contributed by atoms with Gasteiger partial charge < -0.3 is 5.11 Å². The van der Waals surface area contributed by atoms with Crippen molar-refractivity contribution < 1.29 is 9.90 Å². The fourth-order valence-corrected chi connectivity index (χ4v) is 1.90. The minimum absolute atomic E-state index is 0.188. The van der Waals surface area contributed by atoms with Gasteiger partial charge in [-0.05, 0) is 17.2 Å². The Kier molecular flexibility index (Phi) is 3.75. The number of allylic oxidation sites excluding steroid dienone is 1. The second-order valence-corrected chi connectivity index (χ2v) is 3.90. The van der Waals surface area contributed by atoms with Gasteiger partial charge in [0, 0.05) is 11.6 Å². The minimum atomic E-state index is -1.00. The second-order valence-electron chi connectivity index (χ2n) is 3.90. The quantitative estimate of drug-likeness (QED) is 0.848. The van der Waals surface area contributed by atoms with Crippen LogP contribution >= 0.6 is 0 Å².